The maximum Gasteiger partial charge on any atom is 0.416 e. The van der Waals surface area contributed by atoms with Gasteiger partial charge in [0.2, 0.25) is 5.95 Å². The molecule has 0 amide bonds. The van der Waals surface area contributed by atoms with Gasteiger partial charge in [-0.05, 0) is 24.3 Å². The largest absolute Gasteiger partial charge is 0.416 e. The summed E-state index contributed by atoms with van der Waals surface area (Å²) in [7, 11) is 0. The Bertz CT molecular complexity index is 856. The quantitative estimate of drug-likeness (QED) is 0.684. The molecule has 2 aromatic heterocycles. The van der Waals surface area contributed by atoms with Crippen LogP contribution in [0.5, 0.6) is 0 Å². The van der Waals surface area contributed by atoms with E-state index in [9.17, 15) is 17.6 Å². The molecule has 3 aromatic rings. The van der Waals surface area contributed by atoms with Gasteiger partial charge in [-0.25, -0.2) is 14.4 Å². The average molecular weight is 357 g/mol. The predicted molar refractivity (Wildman–Crippen MR) is 81.1 cm³/mol. The minimum atomic E-state index is -4.50. The summed E-state index contributed by atoms with van der Waals surface area (Å²) in [6.07, 6.45) is -0.711. The van der Waals surface area contributed by atoms with Crippen LogP contribution in [-0.4, -0.2) is 14.5 Å². The van der Waals surface area contributed by atoms with Gasteiger partial charge in [-0.3, -0.25) is 4.57 Å². The van der Waals surface area contributed by atoms with Gasteiger partial charge < -0.3 is 5.32 Å². The zero-order valence-corrected chi connectivity index (χ0v) is 12.6. The molecule has 0 fully saturated rings. The van der Waals surface area contributed by atoms with Crippen molar-refractivity contribution in [1.29, 1.82) is 0 Å². The molecule has 2 heterocycles. The van der Waals surface area contributed by atoms with Crippen molar-refractivity contribution in [3.05, 3.63) is 65.3 Å². The third-order valence-electron chi connectivity index (χ3n) is 3.16. The summed E-state index contributed by atoms with van der Waals surface area (Å²) in [6.45, 7) is 0. The van der Waals surface area contributed by atoms with Crippen LogP contribution < -0.4 is 5.32 Å². The Hall–Kier alpha value is -2.61. The molecule has 0 aliphatic rings. The summed E-state index contributed by atoms with van der Waals surface area (Å²) in [6, 6.07) is 5.84. The number of rotatable bonds is 3. The molecule has 0 unspecified atom stereocenters. The summed E-state index contributed by atoms with van der Waals surface area (Å²) in [5, 5.41) is 2.78. The monoisotopic (exact) mass is 356 g/mol. The number of para-hydroxylation sites is 1. The number of nitrogens with one attached hydrogen (secondary N) is 1. The van der Waals surface area contributed by atoms with Crippen molar-refractivity contribution in [1.82, 2.24) is 14.5 Å². The first-order valence-electron chi connectivity index (χ1n) is 6.64. The van der Waals surface area contributed by atoms with Crippen LogP contribution in [0.15, 0.2) is 48.9 Å². The van der Waals surface area contributed by atoms with Crippen molar-refractivity contribution in [3.63, 3.8) is 0 Å². The van der Waals surface area contributed by atoms with Crippen molar-refractivity contribution in [3.8, 4) is 5.82 Å². The van der Waals surface area contributed by atoms with E-state index in [1.807, 2.05) is 0 Å². The number of halogens is 5. The minimum Gasteiger partial charge on any atom is -0.322 e. The van der Waals surface area contributed by atoms with Gasteiger partial charge in [-0.2, -0.15) is 13.2 Å². The molecule has 9 heteroatoms. The fourth-order valence-corrected chi connectivity index (χ4v) is 2.25. The Morgan fingerprint density at radius 3 is 2.58 bits per heavy atom. The van der Waals surface area contributed by atoms with Crippen molar-refractivity contribution in [2.45, 2.75) is 6.18 Å². The molecule has 0 aliphatic heterocycles. The van der Waals surface area contributed by atoms with E-state index in [1.165, 1.54) is 35.2 Å². The second kappa shape index (κ2) is 6.12. The van der Waals surface area contributed by atoms with E-state index in [2.05, 4.69) is 15.3 Å². The maximum absolute atomic E-state index is 13.8. The van der Waals surface area contributed by atoms with Crippen molar-refractivity contribution < 1.29 is 17.6 Å². The molecular weight excluding hydrogens is 348 g/mol. The Balaban J connectivity index is 2.00. The number of hydrogen-bond acceptors (Lipinski definition) is 3. The number of alkyl halides is 3. The van der Waals surface area contributed by atoms with Crippen LogP contribution >= 0.6 is 11.6 Å². The van der Waals surface area contributed by atoms with Gasteiger partial charge in [0.25, 0.3) is 0 Å². The first kappa shape index (κ1) is 16.3. The number of benzene rings is 1. The van der Waals surface area contributed by atoms with Crippen LogP contribution in [0.3, 0.4) is 0 Å². The molecule has 1 aromatic carbocycles. The molecule has 1 N–H and O–H groups in total. The molecule has 3 rings (SSSR count). The lowest BCUT2D eigenvalue weighted by molar-refractivity contribution is -0.137. The van der Waals surface area contributed by atoms with Crippen LogP contribution in [0, 0.1) is 5.82 Å². The number of aromatic nitrogens is 3. The normalized spacial score (nSPS) is 11.5. The highest BCUT2D eigenvalue weighted by Crippen LogP contribution is 2.31. The first-order chi connectivity index (χ1) is 11.4. The average Bonchev–Trinajstić information content (AvgIpc) is 2.99. The number of anilines is 2. The van der Waals surface area contributed by atoms with Crippen molar-refractivity contribution >= 4 is 23.2 Å². The smallest absolute Gasteiger partial charge is 0.322 e. The van der Waals surface area contributed by atoms with Gasteiger partial charge in [0, 0.05) is 18.6 Å². The van der Waals surface area contributed by atoms with Gasteiger partial charge in [0.05, 0.1) is 16.3 Å². The summed E-state index contributed by atoms with van der Waals surface area (Å²) >= 11 is 5.93. The predicted octanol–water partition coefficient (Wildman–Crippen LogP) is 4.82. The van der Waals surface area contributed by atoms with E-state index < -0.39 is 17.6 Å². The molecule has 4 nitrogen and oxygen atoms in total. The summed E-state index contributed by atoms with van der Waals surface area (Å²) < 4.78 is 53.6. The second-order valence-corrected chi connectivity index (χ2v) is 5.15. The van der Waals surface area contributed by atoms with Crippen LogP contribution in [0.4, 0.5) is 29.2 Å². The Morgan fingerprint density at radius 2 is 1.88 bits per heavy atom. The molecular formula is C15H9ClF4N4. The van der Waals surface area contributed by atoms with Gasteiger partial charge in [-0.15, -0.1) is 0 Å². The number of pyridine rings is 1. The van der Waals surface area contributed by atoms with Crippen molar-refractivity contribution in [2.75, 3.05) is 5.32 Å². The topological polar surface area (TPSA) is 42.7 Å². The van der Waals surface area contributed by atoms with E-state index in [4.69, 9.17) is 11.6 Å². The van der Waals surface area contributed by atoms with Gasteiger partial charge >= 0.3 is 6.18 Å². The van der Waals surface area contributed by atoms with Gasteiger partial charge in [0.15, 0.2) is 0 Å². The summed E-state index contributed by atoms with van der Waals surface area (Å²) in [4.78, 5) is 7.87. The molecule has 0 radical (unpaired) electrons. The fourth-order valence-electron chi connectivity index (χ4n) is 2.04. The number of hydrogen-bond donors (Lipinski definition) is 1. The van der Waals surface area contributed by atoms with Gasteiger partial charge in [-0.1, -0.05) is 17.7 Å². The Kier molecular flexibility index (Phi) is 4.15. The van der Waals surface area contributed by atoms with Gasteiger partial charge in [0.1, 0.15) is 11.6 Å². The van der Waals surface area contributed by atoms with E-state index in [0.717, 1.165) is 18.3 Å². The first-order valence-corrected chi connectivity index (χ1v) is 7.02. The fraction of sp³-hybridized carbons (Fsp3) is 0.0667. The molecule has 0 aliphatic carbocycles. The van der Waals surface area contributed by atoms with E-state index in [0.29, 0.717) is 0 Å². The summed E-state index contributed by atoms with van der Waals surface area (Å²) in [5.41, 5.74) is -0.880. The van der Waals surface area contributed by atoms with Crippen LogP contribution in [0.25, 0.3) is 5.82 Å². The third kappa shape index (κ3) is 3.18. The maximum atomic E-state index is 13.8. The molecule has 0 saturated carbocycles. The third-order valence-corrected chi connectivity index (χ3v) is 3.47. The molecule has 0 spiro atoms. The lowest BCUT2D eigenvalue weighted by Gasteiger charge is -2.12. The van der Waals surface area contributed by atoms with Crippen LogP contribution in [-0.2, 0) is 6.18 Å². The standard InChI is InChI=1S/C15H9ClF4N4/c16-10-2-1-3-11(17)13(10)23-14-22-6-7-24(14)12-8-9(4-5-21-12)15(18,19)20/h1-8H,(H,22,23). The van der Waals surface area contributed by atoms with E-state index >= 15 is 0 Å². The number of imidazole rings is 1. The molecule has 124 valence electrons. The zero-order chi connectivity index (χ0) is 17.3. The number of nitrogens with zero attached hydrogens (tertiary/aromatic N) is 3. The molecule has 24 heavy (non-hydrogen) atoms. The SMILES string of the molecule is Fc1cccc(Cl)c1Nc1nccn1-c1cc(C(F)(F)F)ccn1. The van der Waals surface area contributed by atoms with E-state index in [1.54, 1.807) is 0 Å². The highest BCUT2D eigenvalue weighted by atomic mass is 35.5. The van der Waals surface area contributed by atoms with Crippen molar-refractivity contribution in [2.24, 2.45) is 0 Å². The van der Waals surface area contributed by atoms with E-state index in [-0.39, 0.29) is 22.5 Å². The lowest BCUT2D eigenvalue weighted by atomic mass is 10.2. The molecule has 0 atom stereocenters. The Labute approximate surface area is 138 Å². The highest BCUT2D eigenvalue weighted by Gasteiger charge is 2.31. The second-order valence-electron chi connectivity index (χ2n) is 4.74. The molecule has 0 bridgehead atoms. The van der Waals surface area contributed by atoms with Crippen LogP contribution in [0.2, 0.25) is 5.02 Å². The zero-order valence-electron chi connectivity index (χ0n) is 11.9. The Morgan fingerprint density at radius 1 is 1.08 bits per heavy atom. The van der Waals surface area contributed by atoms with Crippen LogP contribution in [0.1, 0.15) is 5.56 Å². The highest BCUT2D eigenvalue weighted by molar-refractivity contribution is 6.33. The minimum absolute atomic E-state index is 0.0164. The lowest BCUT2D eigenvalue weighted by Crippen LogP contribution is -2.09. The molecule has 0 saturated heterocycles. The summed E-state index contributed by atoms with van der Waals surface area (Å²) in [5.74, 6) is -0.555.